The standard InChI is InChI=1S/C20H25N5O3S/c1-13-8-15(9-16(11-26)21-13)20-22-18(24-29(3,27)17-4-5-17)10-19(23-20)25-6-7-28-12-14(25)2/h8-11,14,17H,4-7,12H2,1-3H3/t14-,29-/m1/s1. The first-order chi connectivity index (χ1) is 13.9. The molecule has 29 heavy (non-hydrogen) atoms. The van der Waals surface area contributed by atoms with E-state index in [4.69, 9.17) is 9.72 Å². The van der Waals surface area contributed by atoms with Gasteiger partial charge in [0.05, 0.1) is 29.0 Å². The summed E-state index contributed by atoms with van der Waals surface area (Å²) in [7, 11) is -2.35. The van der Waals surface area contributed by atoms with Gasteiger partial charge in [-0.1, -0.05) is 0 Å². The van der Waals surface area contributed by atoms with Crippen molar-refractivity contribution >= 4 is 27.7 Å². The number of carbonyl (C=O) groups is 1. The lowest BCUT2D eigenvalue weighted by molar-refractivity contribution is 0.0985. The topological polar surface area (TPSA) is 97.6 Å². The predicted octanol–water partition coefficient (Wildman–Crippen LogP) is 2.78. The van der Waals surface area contributed by atoms with Crippen LogP contribution < -0.4 is 4.90 Å². The summed E-state index contributed by atoms with van der Waals surface area (Å²) in [5, 5.41) is 0.136. The van der Waals surface area contributed by atoms with Crippen LogP contribution in [0.4, 0.5) is 11.6 Å². The Bertz CT molecular complexity index is 1060. The van der Waals surface area contributed by atoms with Gasteiger partial charge in [-0.25, -0.2) is 14.2 Å². The molecule has 3 heterocycles. The highest BCUT2D eigenvalue weighted by Crippen LogP contribution is 2.33. The van der Waals surface area contributed by atoms with E-state index in [1.807, 2.05) is 13.0 Å². The second-order valence-electron chi connectivity index (χ2n) is 7.72. The lowest BCUT2D eigenvalue weighted by atomic mass is 10.2. The smallest absolute Gasteiger partial charge is 0.168 e. The zero-order valence-electron chi connectivity index (χ0n) is 16.9. The Morgan fingerprint density at radius 1 is 1.24 bits per heavy atom. The molecule has 0 radical (unpaired) electrons. The predicted molar refractivity (Wildman–Crippen MR) is 112 cm³/mol. The summed E-state index contributed by atoms with van der Waals surface area (Å²) in [6.45, 7) is 5.83. The number of ether oxygens (including phenoxy) is 1. The molecular weight excluding hydrogens is 390 g/mol. The Hall–Kier alpha value is -2.39. The number of anilines is 1. The van der Waals surface area contributed by atoms with Crippen LogP contribution >= 0.6 is 0 Å². The Balaban J connectivity index is 1.85. The molecule has 0 unspecified atom stereocenters. The van der Waals surface area contributed by atoms with E-state index in [9.17, 15) is 9.00 Å². The third-order valence-corrected chi connectivity index (χ3v) is 7.39. The molecule has 9 heteroatoms. The molecular formula is C20H25N5O3S. The normalized spacial score (nSPS) is 21.5. The van der Waals surface area contributed by atoms with Crippen LogP contribution in [0.25, 0.3) is 11.4 Å². The molecule has 0 bridgehead atoms. The maximum atomic E-state index is 13.0. The summed E-state index contributed by atoms with van der Waals surface area (Å²) in [6.07, 6.45) is 4.29. The fourth-order valence-corrected chi connectivity index (χ4v) is 5.09. The van der Waals surface area contributed by atoms with Crippen LogP contribution in [0.3, 0.4) is 0 Å². The summed E-state index contributed by atoms with van der Waals surface area (Å²) in [5.41, 5.74) is 1.71. The van der Waals surface area contributed by atoms with Gasteiger partial charge in [-0.3, -0.25) is 9.78 Å². The van der Waals surface area contributed by atoms with Gasteiger partial charge in [-0.15, -0.1) is 0 Å². The largest absolute Gasteiger partial charge is 0.377 e. The quantitative estimate of drug-likeness (QED) is 0.693. The van der Waals surface area contributed by atoms with Gasteiger partial charge in [0.15, 0.2) is 17.9 Å². The molecule has 4 rings (SSSR count). The number of pyridine rings is 1. The molecule has 0 spiro atoms. The first kappa shape index (κ1) is 19.9. The number of aryl methyl sites for hydroxylation is 1. The number of morpholine rings is 1. The lowest BCUT2D eigenvalue weighted by Gasteiger charge is -2.34. The lowest BCUT2D eigenvalue weighted by Crippen LogP contribution is -2.44. The van der Waals surface area contributed by atoms with Gasteiger partial charge in [-0.2, -0.15) is 4.36 Å². The average molecular weight is 416 g/mol. The van der Waals surface area contributed by atoms with Crippen molar-refractivity contribution in [1.29, 1.82) is 0 Å². The van der Waals surface area contributed by atoms with Gasteiger partial charge in [0, 0.05) is 35.4 Å². The zero-order valence-corrected chi connectivity index (χ0v) is 17.7. The average Bonchev–Trinajstić information content (AvgIpc) is 3.53. The Kier molecular flexibility index (Phi) is 5.35. The van der Waals surface area contributed by atoms with Crippen LogP contribution in [-0.2, 0) is 14.5 Å². The number of hydrogen-bond acceptors (Lipinski definition) is 8. The number of rotatable bonds is 5. The minimum Gasteiger partial charge on any atom is -0.377 e. The maximum Gasteiger partial charge on any atom is 0.168 e. The summed E-state index contributed by atoms with van der Waals surface area (Å²) in [4.78, 5) is 26.9. The number of nitrogens with zero attached hydrogens (tertiary/aromatic N) is 5. The van der Waals surface area contributed by atoms with Crippen molar-refractivity contribution in [1.82, 2.24) is 15.0 Å². The molecule has 0 aromatic carbocycles. The molecule has 2 aliphatic rings. The van der Waals surface area contributed by atoms with Crippen molar-refractivity contribution in [2.45, 2.75) is 38.0 Å². The zero-order chi connectivity index (χ0) is 20.6. The van der Waals surface area contributed by atoms with Gasteiger partial charge < -0.3 is 9.64 Å². The summed E-state index contributed by atoms with van der Waals surface area (Å²) in [5.74, 6) is 1.57. The Morgan fingerprint density at radius 2 is 2.03 bits per heavy atom. The minimum atomic E-state index is -2.35. The van der Waals surface area contributed by atoms with Crippen molar-refractivity contribution < 1.29 is 13.7 Å². The highest BCUT2D eigenvalue weighted by molar-refractivity contribution is 7.93. The Morgan fingerprint density at radius 3 is 2.72 bits per heavy atom. The third kappa shape index (κ3) is 4.45. The fourth-order valence-electron chi connectivity index (χ4n) is 3.46. The van der Waals surface area contributed by atoms with Crippen molar-refractivity contribution in [3.63, 3.8) is 0 Å². The minimum absolute atomic E-state index is 0.136. The van der Waals surface area contributed by atoms with E-state index in [2.05, 4.69) is 26.2 Å². The van der Waals surface area contributed by atoms with Crippen molar-refractivity contribution in [3.8, 4) is 11.4 Å². The molecule has 1 saturated heterocycles. The van der Waals surface area contributed by atoms with Crippen LogP contribution in [0.5, 0.6) is 0 Å². The van der Waals surface area contributed by atoms with Crippen molar-refractivity contribution in [2.24, 2.45) is 4.36 Å². The van der Waals surface area contributed by atoms with E-state index in [1.54, 1.807) is 18.4 Å². The van der Waals surface area contributed by atoms with Crippen molar-refractivity contribution in [3.05, 3.63) is 29.6 Å². The number of aromatic nitrogens is 3. The van der Waals surface area contributed by atoms with Gasteiger partial charge in [0.25, 0.3) is 0 Å². The Labute approximate surface area is 170 Å². The summed E-state index contributed by atoms with van der Waals surface area (Å²) in [6, 6.07) is 5.45. The van der Waals surface area contributed by atoms with E-state index >= 15 is 0 Å². The molecule has 2 fully saturated rings. The van der Waals surface area contributed by atoms with E-state index in [0.29, 0.717) is 54.6 Å². The second-order valence-corrected chi connectivity index (χ2v) is 10.3. The molecule has 2 aromatic heterocycles. The second kappa shape index (κ2) is 7.79. The molecule has 154 valence electrons. The van der Waals surface area contributed by atoms with E-state index in [0.717, 1.165) is 18.7 Å². The van der Waals surface area contributed by atoms with Crippen LogP contribution in [0.1, 0.15) is 35.9 Å². The SMILES string of the molecule is Cc1cc(-c2nc(N=[S@](C)(=O)C3CC3)cc(N3CCOC[C@H]3C)n2)cc(C=O)n1. The monoisotopic (exact) mass is 415 g/mol. The number of hydrogen-bond donors (Lipinski definition) is 0. The van der Waals surface area contributed by atoms with Gasteiger partial charge in [0.1, 0.15) is 11.5 Å². The van der Waals surface area contributed by atoms with Crippen molar-refractivity contribution in [2.75, 3.05) is 30.9 Å². The van der Waals surface area contributed by atoms with Crippen LogP contribution in [0.15, 0.2) is 22.6 Å². The first-order valence-electron chi connectivity index (χ1n) is 9.74. The molecule has 1 aliphatic heterocycles. The molecule has 0 amide bonds. The molecule has 8 nitrogen and oxygen atoms in total. The number of aldehydes is 1. The molecule has 1 saturated carbocycles. The molecule has 0 N–H and O–H groups in total. The van der Waals surface area contributed by atoms with Gasteiger partial charge in [-0.05, 0) is 38.8 Å². The first-order valence-corrected chi connectivity index (χ1v) is 11.7. The highest BCUT2D eigenvalue weighted by Gasteiger charge is 2.31. The summed E-state index contributed by atoms with van der Waals surface area (Å²) < 4.78 is 23.0. The number of carbonyl (C=O) groups excluding carboxylic acids is 1. The van der Waals surface area contributed by atoms with E-state index in [1.165, 1.54) is 0 Å². The highest BCUT2D eigenvalue weighted by atomic mass is 32.2. The van der Waals surface area contributed by atoms with E-state index in [-0.39, 0.29) is 11.3 Å². The van der Waals surface area contributed by atoms with Crippen LogP contribution in [0.2, 0.25) is 0 Å². The van der Waals surface area contributed by atoms with Crippen LogP contribution in [-0.4, -0.2) is 62.8 Å². The molecule has 1 aliphatic carbocycles. The van der Waals surface area contributed by atoms with Crippen LogP contribution in [0, 0.1) is 6.92 Å². The van der Waals surface area contributed by atoms with E-state index < -0.39 is 9.73 Å². The van der Waals surface area contributed by atoms with Gasteiger partial charge >= 0.3 is 0 Å². The molecule has 2 atom stereocenters. The maximum absolute atomic E-state index is 13.0. The van der Waals surface area contributed by atoms with Gasteiger partial charge in [0.2, 0.25) is 0 Å². The third-order valence-electron chi connectivity index (χ3n) is 5.13. The fraction of sp³-hybridized carbons (Fsp3) is 0.500. The summed E-state index contributed by atoms with van der Waals surface area (Å²) >= 11 is 0. The molecule has 2 aromatic rings.